The number of rotatable bonds is 5. The molecule has 2 saturated heterocycles. The predicted octanol–water partition coefficient (Wildman–Crippen LogP) is 2.05. The number of aliphatic imine (C=N–C) groups is 1. The van der Waals surface area contributed by atoms with Gasteiger partial charge in [0.15, 0.2) is 5.96 Å². The van der Waals surface area contributed by atoms with Crippen molar-refractivity contribution in [2.75, 3.05) is 53.4 Å². The van der Waals surface area contributed by atoms with E-state index >= 15 is 0 Å². The zero-order valence-corrected chi connectivity index (χ0v) is 15.5. The Bertz CT molecular complexity index is 424. The molecule has 2 rings (SSSR count). The molecule has 25 heavy (non-hydrogen) atoms. The molecule has 0 atom stereocenters. The Hall–Kier alpha value is -1.02. The molecule has 5 nitrogen and oxygen atoms in total. The number of halogens is 3. The third kappa shape index (κ3) is 6.33. The summed E-state index contributed by atoms with van der Waals surface area (Å²) in [5.41, 5.74) is 0.0780. The lowest BCUT2D eigenvalue weighted by Gasteiger charge is -2.50. The van der Waals surface area contributed by atoms with Gasteiger partial charge in [-0.2, -0.15) is 13.2 Å². The number of guanidine groups is 1. The maximum absolute atomic E-state index is 12.3. The van der Waals surface area contributed by atoms with Gasteiger partial charge >= 0.3 is 6.18 Å². The van der Waals surface area contributed by atoms with Crippen molar-refractivity contribution in [2.45, 2.75) is 50.2 Å². The summed E-state index contributed by atoms with van der Waals surface area (Å²) in [6.45, 7) is 4.92. The van der Waals surface area contributed by atoms with Gasteiger partial charge in [0.25, 0.3) is 0 Å². The van der Waals surface area contributed by atoms with Gasteiger partial charge in [0.2, 0.25) is 0 Å². The fraction of sp³-hybridized carbons (Fsp3) is 0.941. The van der Waals surface area contributed by atoms with Crippen LogP contribution in [0.1, 0.15) is 38.5 Å². The topological polar surface area (TPSA) is 42.9 Å². The van der Waals surface area contributed by atoms with Crippen LogP contribution in [0.25, 0.3) is 0 Å². The number of alkyl halides is 3. The molecular formula is C17H32F3N5. The molecule has 2 aliphatic heterocycles. The molecule has 0 unspecified atom stereocenters. The lowest BCUT2D eigenvalue weighted by Crippen LogP contribution is -2.62. The zero-order valence-electron chi connectivity index (χ0n) is 15.5. The third-order valence-electron chi connectivity index (χ3n) is 5.45. The van der Waals surface area contributed by atoms with Crippen LogP contribution in [0.5, 0.6) is 0 Å². The SMILES string of the molecule is CN=C(NCCC(F)(F)F)NCC1(N2CCCCC2)CCN(C)CC1. The highest BCUT2D eigenvalue weighted by Gasteiger charge is 2.39. The van der Waals surface area contributed by atoms with Crippen LogP contribution in [0.15, 0.2) is 4.99 Å². The summed E-state index contributed by atoms with van der Waals surface area (Å²) in [6, 6.07) is 0. The molecule has 0 bridgehead atoms. The largest absolute Gasteiger partial charge is 0.390 e. The summed E-state index contributed by atoms with van der Waals surface area (Å²) in [5, 5.41) is 6.07. The number of likely N-dealkylation sites (tertiary alicyclic amines) is 2. The van der Waals surface area contributed by atoms with Gasteiger partial charge in [0, 0.05) is 25.7 Å². The van der Waals surface area contributed by atoms with E-state index in [0.29, 0.717) is 5.96 Å². The van der Waals surface area contributed by atoms with E-state index in [1.165, 1.54) is 19.3 Å². The molecule has 2 heterocycles. The Morgan fingerprint density at radius 3 is 2.24 bits per heavy atom. The van der Waals surface area contributed by atoms with E-state index in [-0.39, 0.29) is 12.1 Å². The molecule has 2 N–H and O–H groups in total. The first kappa shape index (κ1) is 20.3. The molecule has 0 saturated carbocycles. The number of piperidine rings is 2. The van der Waals surface area contributed by atoms with E-state index in [4.69, 9.17) is 0 Å². The maximum Gasteiger partial charge on any atom is 0.390 e. The fourth-order valence-electron chi connectivity index (χ4n) is 3.80. The van der Waals surface area contributed by atoms with Crippen molar-refractivity contribution in [3.05, 3.63) is 0 Å². The van der Waals surface area contributed by atoms with Crippen LogP contribution in [0.2, 0.25) is 0 Å². The van der Waals surface area contributed by atoms with Crippen molar-refractivity contribution in [3.8, 4) is 0 Å². The minimum absolute atomic E-state index is 0.0780. The number of hydrogen-bond donors (Lipinski definition) is 2. The van der Waals surface area contributed by atoms with Crippen molar-refractivity contribution in [1.82, 2.24) is 20.4 Å². The van der Waals surface area contributed by atoms with Gasteiger partial charge in [-0.25, -0.2) is 0 Å². The normalized spacial score (nSPS) is 23.5. The van der Waals surface area contributed by atoms with Crippen molar-refractivity contribution in [1.29, 1.82) is 0 Å². The van der Waals surface area contributed by atoms with Gasteiger partial charge in [0.1, 0.15) is 0 Å². The highest BCUT2D eigenvalue weighted by Crippen LogP contribution is 2.30. The first-order valence-electron chi connectivity index (χ1n) is 9.29. The summed E-state index contributed by atoms with van der Waals surface area (Å²) >= 11 is 0. The second-order valence-corrected chi connectivity index (χ2v) is 7.29. The van der Waals surface area contributed by atoms with E-state index < -0.39 is 12.6 Å². The van der Waals surface area contributed by atoms with Crippen LogP contribution in [0.4, 0.5) is 13.2 Å². The Balaban J connectivity index is 1.91. The molecule has 0 amide bonds. The average molecular weight is 363 g/mol. The highest BCUT2D eigenvalue weighted by molar-refractivity contribution is 5.79. The number of nitrogens with zero attached hydrogens (tertiary/aromatic N) is 3. The Kier molecular flexibility index (Phi) is 7.37. The second kappa shape index (κ2) is 9.07. The van der Waals surface area contributed by atoms with Crippen molar-refractivity contribution < 1.29 is 13.2 Å². The minimum atomic E-state index is -4.14. The monoisotopic (exact) mass is 363 g/mol. The molecule has 0 aromatic heterocycles. The van der Waals surface area contributed by atoms with Crippen LogP contribution in [-0.4, -0.2) is 80.8 Å². The van der Waals surface area contributed by atoms with Crippen LogP contribution in [0.3, 0.4) is 0 Å². The molecule has 0 spiro atoms. The smallest absolute Gasteiger partial charge is 0.356 e. The first-order chi connectivity index (χ1) is 11.8. The van der Waals surface area contributed by atoms with Crippen LogP contribution >= 0.6 is 0 Å². The van der Waals surface area contributed by atoms with Crippen LogP contribution in [-0.2, 0) is 0 Å². The lowest BCUT2D eigenvalue weighted by molar-refractivity contribution is -0.132. The molecular weight excluding hydrogens is 331 g/mol. The van der Waals surface area contributed by atoms with E-state index in [9.17, 15) is 13.2 Å². The molecule has 0 radical (unpaired) electrons. The van der Waals surface area contributed by atoms with Gasteiger partial charge in [-0.05, 0) is 58.9 Å². The Morgan fingerprint density at radius 1 is 1.04 bits per heavy atom. The standard InChI is InChI=1S/C17H32F3N5/c1-21-15(22-9-6-17(18,19)20)23-14-16(7-12-24(2)13-8-16)25-10-4-3-5-11-25/h3-14H2,1-2H3,(H2,21,22,23). The predicted molar refractivity (Wildman–Crippen MR) is 94.9 cm³/mol. The molecule has 2 fully saturated rings. The lowest BCUT2D eigenvalue weighted by atomic mass is 9.84. The quantitative estimate of drug-likeness (QED) is 0.580. The highest BCUT2D eigenvalue weighted by atomic mass is 19.4. The van der Waals surface area contributed by atoms with Gasteiger partial charge in [-0.3, -0.25) is 9.89 Å². The van der Waals surface area contributed by atoms with E-state index in [1.54, 1.807) is 7.05 Å². The molecule has 146 valence electrons. The molecule has 0 aromatic rings. The Labute approximate surface area is 149 Å². The van der Waals surface area contributed by atoms with Gasteiger partial charge < -0.3 is 15.5 Å². The van der Waals surface area contributed by atoms with E-state index in [1.807, 2.05) is 0 Å². The fourth-order valence-corrected chi connectivity index (χ4v) is 3.80. The van der Waals surface area contributed by atoms with E-state index in [0.717, 1.165) is 45.6 Å². The maximum atomic E-state index is 12.3. The van der Waals surface area contributed by atoms with Crippen LogP contribution in [0, 0.1) is 0 Å². The van der Waals surface area contributed by atoms with E-state index in [2.05, 4.69) is 32.5 Å². The molecule has 0 aromatic carbocycles. The van der Waals surface area contributed by atoms with Crippen LogP contribution < -0.4 is 10.6 Å². The molecule has 0 aliphatic carbocycles. The minimum Gasteiger partial charge on any atom is -0.356 e. The van der Waals surface area contributed by atoms with Gasteiger partial charge in [0.05, 0.1) is 6.42 Å². The Morgan fingerprint density at radius 2 is 1.68 bits per heavy atom. The average Bonchev–Trinajstić information content (AvgIpc) is 2.59. The zero-order chi connectivity index (χ0) is 18.3. The number of hydrogen-bond acceptors (Lipinski definition) is 3. The van der Waals surface area contributed by atoms with Crippen molar-refractivity contribution in [2.24, 2.45) is 4.99 Å². The summed E-state index contributed by atoms with van der Waals surface area (Å²) in [6.07, 6.45) is 0.920. The van der Waals surface area contributed by atoms with Gasteiger partial charge in [-0.1, -0.05) is 6.42 Å². The summed E-state index contributed by atoms with van der Waals surface area (Å²) < 4.78 is 36.9. The summed E-state index contributed by atoms with van der Waals surface area (Å²) in [7, 11) is 3.75. The second-order valence-electron chi connectivity index (χ2n) is 7.29. The third-order valence-corrected chi connectivity index (χ3v) is 5.45. The summed E-state index contributed by atoms with van der Waals surface area (Å²) in [5.74, 6) is 0.458. The molecule has 2 aliphatic rings. The van der Waals surface area contributed by atoms with Gasteiger partial charge in [-0.15, -0.1) is 0 Å². The van der Waals surface area contributed by atoms with Crippen molar-refractivity contribution >= 4 is 5.96 Å². The first-order valence-corrected chi connectivity index (χ1v) is 9.29. The number of nitrogens with one attached hydrogen (secondary N) is 2. The summed E-state index contributed by atoms with van der Waals surface area (Å²) in [4.78, 5) is 9.02. The molecule has 8 heteroatoms. The van der Waals surface area contributed by atoms with Crippen molar-refractivity contribution in [3.63, 3.8) is 0 Å².